The van der Waals surface area contributed by atoms with Crippen molar-refractivity contribution >= 4 is 0 Å². The summed E-state index contributed by atoms with van der Waals surface area (Å²) in [5.41, 5.74) is 1.28. The van der Waals surface area contributed by atoms with Crippen molar-refractivity contribution in [2.45, 2.75) is 38.0 Å². The van der Waals surface area contributed by atoms with Gasteiger partial charge in [0.2, 0.25) is 11.8 Å². The van der Waals surface area contributed by atoms with Crippen LogP contribution in [0.25, 0.3) is 0 Å². The molecule has 1 aromatic heterocycles. The van der Waals surface area contributed by atoms with E-state index in [-0.39, 0.29) is 5.41 Å². The summed E-state index contributed by atoms with van der Waals surface area (Å²) in [5, 5.41) is 11.8. The third kappa shape index (κ3) is 2.61. The van der Waals surface area contributed by atoms with Gasteiger partial charge in [0.1, 0.15) is 0 Å². The van der Waals surface area contributed by atoms with Crippen molar-refractivity contribution in [2.75, 3.05) is 13.1 Å². The molecule has 0 radical (unpaired) electrons. The Labute approximate surface area is 119 Å². The normalized spacial score (nSPS) is 16.2. The van der Waals surface area contributed by atoms with E-state index in [1.54, 1.807) is 0 Å². The second kappa shape index (κ2) is 5.75. The van der Waals surface area contributed by atoms with Gasteiger partial charge in [0.05, 0.1) is 5.41 Å². The zero-order valence-electron chi connectivity index (χ0n) is 11.9. The molecule has 106 valence electrons. The van der Waals surface area contributed by atoms with Crippen molar-refractivity contribution in [3.63, 3.8) is 0 Å². The van der Waals surface area contributed by atoms with Gasteiger partial charge in [0.25, 0.3) is 0 Å². The average Bonchev–Trinajstić information content (AvgIpc) is 3.18. The Morgan fingerprint density at radius 2 is 1.95 bits per heavy atom. The third-order valence-electron chi connectivity index (χ3n) is 3.90. The van der Waals surface area contributed by atoms with Gasteiger partial charge in [-0.15, -0.1) is 10.2 Å². The second-order valence-electron chi connectivity index (χ2n) is 5.45. The monoisotopic (exact) mass is 271 g/mol. The Morgan fingerprint density at radius 3 is 2.65 bits per heavy atom. The van der Waals surface area contributed by atoms with Gasteiger partial charge < -0.3 is 9.73 Å². The van der Waals surface area contributed by atoms with Crippen molar-refractivity contribution in [3.8, 4) is 0 Å². The lowest BCUT2D eigenvalue weighted by atomic mass is 9.96. The molecule has 0 bridgehead atoms. The van der Waals surface area contributed by atoms with E-state index in [2.05, 4.69) is 46.7 Å². The maximum Gasteiger partial charge on any atom is 0.227 e. The minimum atomic E-state index is -0.0106. The van der Waals surface area contributed by atoms with Crippen LogP contribution >= 0.6 is 0 Å². The minimum Gasteiger partial charge on any atom is -0.424 e. The number of nitrogens with zero attached hydrogens (tertiary/aromatic N) is 2. The number of hydrogen-bond acceptors (Lipinski definition) is 4. The molecule has 2 aromatic rings. The molecule has 4 heteroatoms. The van der Waals surface area contributed by atoms with E-state index in [1.165, 1.54) is 5.56 Å². The van der Waals surface area contributed by atoms with E-state index in [4.69, 9.17) is 4.42 Å². The topological polar surface area (TPSA) is 51.0 Å². The number of benzene rings is 1. The summed E-state index contributed by atoms with van der Waals surface area (Å²) in [6.45, 7) is 4.09. The van der Waals surface area contributed by atoms with Crippen molar-refractivity contribution in [1.29, 1.82) is 0 Å². The Bertz CT molecular complexity index is 546. The summed E-state index contributed by atoms with van der Waals surface area (Å²) in [6.07, 6.45) is 4.16. The van der Waals surface area contributed by atoms with Crippen molar-refractivity contribution < 1.29 is 4.42 Å². The predicted molar refractivity (Wildman–Crippen MR) is 77.6 cm³/mol. The Kier molecular flexibility index (Phi) is 3.83. The van der Waals surface area contributed by atoms with Crippen LogP contribution in [0.4, 0.5) is 0 Å². The van der Waals surface area contributed by atoms with Crippen molar-refractivity contribution in [2.24, 2.45) is 0 Å². The molecule has 1 aliphatic rings. The van der Waals surface area contributed by atoms with Gasteiger partial charge in [0, 0.05) is 13.0 Å². The summed E-state index contributed by atoms with van der Waals surface area (Å²) >= 11 is 0. The summed E-state index contributed by atoms with van der Waals surface area (Å²) in [6, 6.07) is 10.5. The Balaban J connectivity index is 1.68. The van der Waals surface area contributed by atoms with Crippen LogP contribution in [0, 0.1) is 0 Å². The molecule has 1 heterocycles. The largest absolute Gasteiger partial charge is 0.424 e. The number of nitrogens with one attached hydrogen (secondary N) is 1. The zero-order valence-corrected chi connectivity index (χ0v) is 11.9. The number of rotatable bonds is 7. The molecule has 0 aliphatic heterocycles. The molecule has 3 rings (SSSR count). The molecule has 1 aromatic carbocycles. The van der Waals surface area contributed by atoms with E-state index >= 15 is 0 Å². The lowest BCUT2D eigenvalue weighted by Gasteiger charge is -2.10. The first-order valence-corrected chi connectivity index (χ1v) is 7.44. The Hall–Kier alpha value is -1.68. The van der Waals surface area contributed by atoms with Gasteiger partial charge in [-0.25, -0.2) is 0 Å². The van der Waals surface area contributed by atoms with Gasteiger partial charge in [-0.2, -0.15) is 0 Å². The SMILES string of the molecule is CCCNCCc1nnc(C2(c3ccccc3)CC2)o1. The average molecular weight is 271 g/mol. The van der Waals surface area contributed by atoms with Gasteiger partial charge in [-0.1, -0.05) is 37.3 Å². The highest BCUT2D eigenvalue weighted by Crippen LogP contribution is 2.52. The van der Waals surface area contributed by atoms with E-state index in [0.717, 1.165) is 50.6 Å². The second-order valence-corrected chi connectivity index (χ2v) is 5.45. The maximum absolute atomic E-state index is 5.88. The van der Waals surface area contributed by atoms with E-state index < -0.39 is 0 Å². The molecule has 4 nitrogen and oxygen atoms in total. The van der Waals surface area contributed by atoms with Crippen molar-refractivity contribution in [3.05, 3.63) is 47.7 Å². The van der Waals surface area contributed by atoms with Crippen LogP contribution in [0.5, 0.6) is 0 Å². The molecule has 0 atom stereocenters. The van der Waals surface area contributed by atoms with Gasteiger partial charge in [-0.05, 0) is 31.4 Å². The highest BCUT2D eigenvalue weighted by Gasteiger charge is 2.50. The number of hydrogen-bond donors (Lipinski definition) is 1. The van der Waals surface area contributed by atoms with Crippen LogP contribution in [-0.2, 0) is 11.8 Å². The first-order valence-electron chi connectivity index (χ1n) is 7.44. The molecule has 1 fully saturated rings. The van der Waals surface area contributed by atoms with Gasteiger partial charge in [0.15, 0.2) is 0 Å². The summed E-state index contributed by atoms with van der Waals surface area (Å²) in [4.78, 5) is 0. The number of aromatic nitrogens is 2. The lowest BCUT2D eigenvalue weighted by Crippen LogP contribution is -2.17. The first-order chi connectivity index (χ1) is 9.85. The van der Waals surface area contributed by atoms with E-state index in [1.807, 2.05) is 6.07 Å². The highest BCUT2D eigenvalue weighted by atomic mass is 16.4. The van der Waals surface area contributed by atoms with Crippen LogP contribution in [0.1, 0.15) is 43.5 Å². The molecule has 0 unspecified atom stereocenters. The quantitative estimate of drug-likeness (QED) is 0.787. The highest BCUT2D eigenvalue weighted by molar-refractivity contribution is 5.37. The molecular weight excluding hydrogens is 250 g/mol. The fourth-order valence-electron chi connectivity index (χ4n) is 2.55. The minimum absolute atomic E-state index is 0.0106. The van der Waals surface area contributed by atoms with Gasteiger partial charge in [-0.3, -0.25) is 0 Å². The van der Waals surface area contributed by atoms with Crippen molar-refractivity contribution in [1.82, 2.24) is 15.5 Å². The van der Waals surface area contributed by atoms with Crippen LogP contribution in [0.2, 0.25) is 0 Å². The van der Waals surface area contributed by atoms with Crippen LogP contribution in [0.15, 0.2) is 34.7 Å². The van der Waals surface area contributed by atoms with Crippen LogP contribution in [0.3, 0.4) is 0 Å². The molecule has 20 heavy (non-hydrogen) atoms. The fraction of sp³-hybridized carbons (Fsp3) is 0.500. The molecule has 1 saturated carbocycles. The molecule has 0 saturated heterocycles. The smallest absolute Gasteiger partial charge is 0.227 e. The first kappa shape index (κ1) is 13.3. The molecule has 1 N–H and O–H groups in total. The maximum atomic E-state index is 5.88. The van der Waals surface area contributed by atoms with E-state index in [9.17, 15) is 0 Å². The van der Waals surface area contributed by atoms with Crippen LogP contribution in [-0.4, -0.2) is 23.3 Å². The van der Waals surface area contributed by atoms with E-state index in [0.29, 0.717) is 0 Å². The standard InChI is InChI=1S/C16H21N3O/c1-2-11-17-12-8-14-18-19-15(20-14)16(9-10-16)13-6-4-3-5-7-13/h3-7,17H,2,8-12H2,1H3. The zero-order chi connectivity index (χ0) is 13.8. The molecular formula is C16H21N3O. The lowest BCUT2D eigenvalue weighted by molar-refractivity contribution is 0.421. The fourth-order valence-corrected chi connectivity index (χ4v) is 2.55. The van der Waals surface area contributed by atoms with Gasteiger partial charge >= 0.3 is 0 Å². The molecule has 0 spiro atoms. The predicted octanol–water partition coefficient (Wildman–Crippen LogP) is 2.69. The summed E-state index contributed by atoms with van der Waals surface area (Å²) in [5.74, 6) is 1.53. The Morgan fingerprint density at radius 1 is 1.15 bits per heavy atom. The molecule has 1 aliphatic carbocycles. The summed E-state index contributed by atoms with van der Waals surface area (Å²) < 4.78 is 5.88. The van der Waals surface area contributed by atoms with Crippen LogP contribution < -0.4 is 5.32 Å². The molecule has 0 amide bonds. The summed E-state index contributed by atoms with van der Waals surface area (Å²) in [7, 11) is 0. The third-order valence-corrected chi connectivity index (χ3v) is 3.90.